The summed E-state index contributed by atoms with van der Waals surface area (Å²) in [7, 11) is 3.47. The minimum absolute atomic E-state index is 0.493. The van der Waals surface area contributed by atoms with Crippen LogP contribution in [0, 0.1) is 0 Å². The fourth-order valence-corrected chi connectivity index (χ4v) is 2.11. The summed E-state index contributed by atoms with van der Waals surface area (Å²) in [5.41, 5.74) is 1.94. The molecule has 5 heteroatoms. The topological polar surface area (TPSA) is 43.4 Å². The van der Waals surface area contributed by atoms with E-state index in [4.69, 9.17) is 21.1 Å². The Hall–Kier alpha value is -1.78. The number of nitrogens with zero attached hydrogens (tertiary/aromatic N) is 1. The molecule has 112 valence electrons. The molecule has 0 saturated heterocycles. The minimum Gasteiger partial charge on any atom is -0.493 e. The average molecular weight is 307 g/mol. The van der Waals surface area contributed by atoms with E-state index in [0.717, 1.165) is 12.1 Å². The number of ether oxygens (including phenoxy) is 2. The lowest BCUT2D eigenvalue weighted by molar-refractivity contribution is 0.373. The molecular weight excluding hydrogens is 288 g/mol. The Morgan fingerprint density at radius 1 is 1.19 bits per heavy atom. The molecule has 1 N–H and O–H groups in total. The first kappa shape index (κ1) is 15.6. The van der Waals surface area contributed by atoms with Crippen LogP contribution in [0.15, 0.2) is 30.3 Å². The van der Waals surface area contributed by atoms with Crippen LogP contribution in [-0.4, -0.2) is 19.1 Å². The lowest BCUT2D eigenvalue weighted by Crippen LogP contribution is -2.08. The molecule has 1 aromatic carbocycles. The Morgan fingerprint density at radius 3 is 2.67 bits per heavy atom. The molecule has 1 aromatic heterocycles. The van der Waals surface area contributed by atoms with Crippen LogP contribution in [-0.2, 0) is 13.0 Å². The molecule has 0 bridgehead atoms. The number of nitrogens with one attached hydrogen (secondary N) is 1. The van der Waals surface area contributed by atoms with Gasteiger partial charge < -0.3 is 14.8 Å². The van der Waals surface area contributed by atoms with E-state index in [-0.39, 0.29) is 0 Å². The van der Waals surface area contributed by atoms with Crippen molar-refractivity contribution in [2.75, 3.05) is 14.2 Å². The standard InChI is InChI=1S/C16H19ClN2O2/c1-4-11-5-7-14(15(9-11)20-3)21-16-8-6-12(17)13(19-16)10-18-2/h5-9,18H,4,10H2,1-3H3. The van der Waals surface area contributed by atoms with Gasteiger partial charge in [-0.05, 0) is 37.2 Å². The lowest BCUT2D eigenvalue weighted by Gasteiger charge is -2.12. The molecule has 0 aliphatic carbocycles. The Labute approximate surface area is 130 Å². The van der Waals surface area contributed by atoms with E-state index in [9.17, 15) is 0 Å². The predicted molar refractivity (Wildman–Crippen MR) is 84.5 cm³/mol. The summed E-state index contributed by atoms with van der Waals surface area (Å²) in [6.45, 7) is 2.68. The van der Waals surface area contributed by atoms with E-state index in [1.165, 1.54) is 5.56 Å². The van der Waals surface area contributed by atoms with Gasteiger partial charge in [-0.15, -0.1) is 0 Å². The van der Waals surface area contributed by atoms with Gasteiger partial charge in [0.2, 0.25) is 5.88 Å². The first-order valence-electron chi connectivity index (χ1n) is 6.82. The average Bonchev–Trinajstić information content (AvgIpc) is 2.51. The van der Waals surface area contributed by atoms with Crippen molar-refractivity contribution in [1.82, 2.24) is 10.3 Å². The van der Waals surface area contributed by atoms with Gasteiger partial charge >= 0.3 is 0 Å². The molecule has 0 aliphatic rings. The molecule has 0 unspecified atom stereocenters. The number of aryl methyl sites for hydroxylation is 1. The molecule has 0 amide bonds. The number of methoxy groups -OCH3 is 1. The summed E-state index contributed by atoms with van der Waals surface area (Å²) in [6.07, 6.45) is 0.947. The summed E-state index contributed by atoms with van der Waals surface area (Å²) in [4.78, 5) is 4.40. The van der Waals surface area contributed by atoms with Crippen LogP contribution in [0.3, 0.4) is 0 Å². The van der Waals surface area contributed by atoms with Crippen molar-refractivity contribution >= 4 is 11.6 Å². The number of aromatic nitrogens is 1. The molecule has 0 spiro atoms. The van der Waals surface area contributed by atoms with Crippen LogP contribution < -0.4 is 14.8 Å². The van der Waals surface area contributed by atoms with Crippen molar-refractivity contribution in [3.63, 3.8) is 0 Å². The Balaban J connectivity index is 2.27. The summed E-state index contributed by atoms with van der Waals surface area (Å²) in [6, 6.07) is 9.41. The van der Waals surface area contributed by atoms with E-state index in [2.05, 4.69) is 17.2 Å². The van der Waals surface area contributed by atoms with Crippen LogP contribution in [0.5, 0.6) is 17.4 Å². The molecule has 4 nitrogen and oxygen atoms in total. The second-order valence-corrected chi connectivity index (χ2v) is 4.96. The number of pyridine rings is 1. The highest BCUT2D eigenvalue weighted by atomic mass is 35.5. The number of rotatable bonds is 6. The maximum Gasteiger partial charge on any atom is 0.219 e. The zero-order valence-corrected chi connectivity index (χ0v) is 13.2. The predicted octanol–water partition coefficient (Wildman–Crippen LogP) is 3.82. The monoisotopic (exact) mass is 306 g/mol. The van der Waals surface area contributed by atoms with E-state index in [0.29, 0.717) is 28.9 Å². The van der Waals surface area contributed by atoms with Crippen LogP contribution >= 0.6 is 11.6 Å². The Morgan fingerprint density at radius 2 is 2.00 bits per heavy atom. The number of hydrogen-bond acceptors (Lipinski definition) is 4. The first-order valence-corrected chi connectivity index (χ1v) is 7.20. The van der Waals surface area contributed by atoms with Gasteiger partial charge in [0.15, 0.2) is 11.5 Å². The SMILES string of the molecule is CCc1ccc(Oc2ccc(Cl)c(CNC)n2)c(OC)c1. The maximum atomic E-state index is 6.09. The summed E-state index contributed by atoms with van der Waals surface area (Å²) in [5, 5.41) is 3.64. The third-order valence-electron chi connectivity index (χ3n) is 3.09. The highest BCUT2D eigenvalue weighted by Crippen LogP contribution is 2.32. The van der Waals surface area contributed by atoms with E-state index in [1.807, 2.05) is 25.2 Å². The smallest absolute Gasteiger partial charge is 0.219 e. The Bertz CT molecular complexity index is 617. The van der Waals surface area contributed by atoms with Gasteiger partial charge in [-0.2, -0.15) is 0 Å². The molecule has 2 rings (SSSR count). The number of benzene rings is 1. The highest BCUT2D eigenvalue weighted by Gasteiger charge is 2.09. The van der Waals surface area contributed by atoms with E-state index < -0.39 is 0 Å². The van der Waals surface area contributed by atoms with Gasteiger partial charge in [-0.25, -0.2) is 4.98 Å². The van der Waals surface area contributed by atoms with Gasteiger partial charge in [0, 0.05) is 12.6 Å². The number of hydrogen-bond donors (Lipinski definition) is 1. The summed E-state index contributed by atoms with van der Waals surface area (Å²) < 4.78 is 11.2. The molecule has 0 fully saturated rings. The van der Waals surface area contributed by atoms with Gasteiger partial charge in [0.1, 0.15) is 0 Å². The Kier molecular flexibility index (Phi) is 5.42. The first-order chi connectivity index (χ1) is 10.2. The van der Waals surface area contributed by atoms with Gasteiger partial charge in [0.25, 0.3) is 0 Å². The highest BCUT2D eigenvalue weighted by molar-refractivity contribution is 6.31. The fraction of sp³-hybridized carbons (Fsp3) is 0.312. The van der Waals surface area contributed by atoms with Crippen molar-refractivity contribution in [2.24, 2.45) is 0 Å². The normalized spacial score (nSPS) is 10.5. The third kappa shape index (κ3) is 3.86. The largest absolute Gasteiger partial charge is 0.493 e. The molecule has 0 radical (unpaired) electrons. The number of halogens is 1. The van der Waals surface area contributed by atoms with E-state index >= 15 is 0 Å². The molecule has 0 aliphatic heterocycles. The quantitative estimate of drug-likeness (QED) is 0.881. The molecule has 1 heterocycles. The van der Waals surface area contributed by atoms with Crippen molar-refractivity contribution in [3.8, 4) is 17.4 Å². The third-order valence-corrected chi connectivity index (χ3v) is 3.43. The van der Waals surface area contributed by atoms with Gasteiger partial charge in [0.05, 0.1) is 17.8 Å². The van der Waals surface area contributed by atoms with Crippen molar-refractivity contribution in [2.45, 2.75) is 19.9 Å². The second kappa shape index (κ2) is 7.29. The van der Waals surface area contributed by atoms with Gasteiger partial charge in [-0.1, -0.05) is 24.6 Å². The zero-order valence-electron chi connectivity index (χ0n) is 12.4. The van der Waals surface area contributed by atoms with E-state index in [1.54, 1.807) is 19.2 Å². The van der Waals surface area contributed by atoms with Crippen LogP contribution in [0.2, 0.25) is 5.02 Å². The molecule has 21 heavy (non-hydrogen) atoms. The van der Waals surface area contributed by atoms with Crippen LogP contribution in [0.25, 0.3) is 0 Å². The van der Waals surface area contributed by atoms with Gasteiger partial charge in [-0.3, -0.25) is 0 Å². The fourth-order valence-electron chi connectivity index (χ4n) is 1.94. The molecule has 2 aromatic rings. The second-order valence-electron chi connectivity index (χ2n) is 4.55. The van der Waals surface area contributed by atoms with Crippen molar-refractivity contribution in [1.29, 1.82) is 0 Å². The van der Waals surface area contributed by atoms with Crippen molar-refractivity contribution < 1.29 is 9.47 Å². The summed E-state index contributed by atoms with van der Waals surface area (Å²) in [5.74, 6) is 1.83. The molecular formula is C16H19ClN2O2. The molecule has 0 saturated carbocycles. The minimum atomic E-state index is 0.493. The van der Waals surface area contributed by atoms with Crippen molar-refractivity contribution in [3.05, 3.63) is 46.6 Å². The van der Waals surface area contributed by atoms with Crippen LogP contribution in [0.4, 0.5) is 0 Å². The molecule has 0 atom stereocenters. The maximum absolute atomic E-state index is 6.09. The summed E-state index contributed by atoms with van der Waals surface area (Å²) >= 11 is 6.09. The zero-order chi connectivity index (χ0) is 15.2. The lowest BCUT2D eigenvalue weighted by atomic mass is 10.1. The van der Waals surface area contributed by atoms with Crippen LogP contribution in [0.1, 0.15) is 18.2 Å².